The van der Waals surface area contributed by atoms with Crippen LogP contribution in [-0.4, -0.2) is 18.5 Å². The number of rotatable bonds is 8. The lowest BCUT2D eigenvalue weighted by Gasteiger charge is -2.20. The highest BCUT2D eigenvalue weighted by Gasteiger charge is 2.14. The Morgan fingerprint density at radius 1 is 1.12 bits per heavy atom. The zero-order valence-electron chi connectivity index (χ0n) is 14.1. The third-order valence-electron chi connectivity index (χ3n) is 4.49. The van der Waals surface area contributed by atoms with Crippen molar-refractivity contribution in [2.24, 2.45) is 5.92 Å². The number of ether oxygens (including phenoxy) is 1. The summed E-state index contributed by atoms with van der Waals surface area (Å²) >= 11 is 0. The van der Waals surface area contributed by atoms with E-state index in [0.717, 1.165) is 24.3 Å². The molecule has 1 aromatic rings. The summed E-state index contributed by atoms with van der Waals surface area (Å²) in [7, 11) is 0. The topological polar surface area (TPSA) is 55.4 Å². The molecule has 4 nitrogen and oxygen atoms in total. The molecule has 1 N–H and O–H groups in total. The Balaban J connectivity index is 1.53. The molecule has 2 rings (SSSR count). The van der Waals surface area contributed by atoms with Gasteiger partial charge in [0, 0.05) is 13.0 Å². The number of amides is 1. The molecule has 0 bridgehead atoms. The zero-order chi connectivity index (χ0) is 17.2. The highest BCUT2D eigenvalue weighted by molar-refractivity contribution is 5.80. The van der Waals surface area contributed by atoms with E-state index in [9.17, 15) is 14.0 Å². The first-order valence-corrected chi connectivity index (χ1v) is 8.80. The van der Waals surface area contributed by atoms with E-state index < -0.39 is 0 Å². The minimum atomic E-state index is -0.347. The number of hydrogen-bond donors (Lipinski definition) is 1. The Bertz CT molecular complexity index is 524. The SMILES string of the molecule is O=C(COC(=O)CCCC1CCCCC1)NCc1ccc(F)cc1. The first-order chi connectivity index (χ1) is 11.6. The minimum Gasteiger partial charge on any atom is -0.456 e. The molecule has 0 aromatic heterocycles. The smallest absolute Gasteiger partial charge is 0.306 e. The van der Waals surface area contributed by atoms with Crippen LogP contribution in [0.5, 0.6) is 0 Å². The Kier molecular flexibility index (Phi) is 7.72. The average molecular weight is 335 g/mol. The molecule has 0 spiro atoms. The van der Waals surface area contributed by atoms with Gasteiger partial charge < -0.3 is 10.1 Å². The van der Waals surface area contributed by atoms with E-state index in [1.807, 2.05) is 0 Å². The quantitative estimate of drug-likeness (QED) is 0.736. The predicted octanol–water partition coefficient (Wildman–Crippen LogP) is 3.74. The Hall–Kier alpha value is -1.91. The molecule has 1 aromatic carbocycles. The Labute approximate surface area is 142 Å². The van der Waals surface area contributed by atoms with Crippen LogP contribution in [0.25, 0.3) is 0 Å². The third kappa shape index (κ3) is 7.11. The fraction of sp³-hybridized carbons (Fsp3) is 0.579. The summed E-state index contributed by atoms with van der Waals surface area (Å²) in [5.41, 5.74) is 0.795. The molecule has 1 amide bonds. The van der Waals surface area contributed by atoms with Crippen LogP contribution in [0, 0.1) is 11.7 Å². The van der Waals surface area contributed by atoms with E-state index in [0.29, 0.717) is 13.0 Å². The minimum absolute atomic E-state index is 0.260. The molecule has 0 unspecified atom stereocenters. The number of carbonyl (C=O) groups is 2. The van der Waals surface area contributed by atoms with E-state index >= 15 is 0 Å². The van der Waals surface area contributed by atoms with Crippen molar-refractivity contribution >= 4 is 11.9 Å². The van der Waals surface area contributed by atoms with E-state index in [1.54, 1.807) is 12.1 Å². The fourth-order valence-corrected chi connectivity index (χ4v) is 3.08. The standard InChI is InChI=1S/C19H26FNO3/c20-17-11-9-16(10-12-17)13-21-18(22)14-24-19(23)8-4-7-15-5-2-1-3-6-15/h9-12,15H,1-8,13-14H2,(H,21,22). The van der Waals surface area contributed by atoms with Gasteiger partial charge in [0.25, 0.3) is 5.91 Å². The lowest BCUT2D eigenvalue weighted by Crippen LogP contribution is -2.28. The summed E-state index contributed by atoms with van der Waals surface area (Å²) in [4.78, 5) is 23.3. The van der Waals surface area contributed by atoms with Gasteiger partial charge >= 0.3 is 5.97 Å². The average Bonchev–Trinajstić information content (AvgIpc) is 2.60. The van der Waals surface area contributed by atoms with Gasteiger partial charge in [-0.15, -0.1) is 0 Å². The molecular weight excluding hydrogens is 309 g/mol. The highest BCUT2D eigenvalue weighted by atomic mass is 19.1. The summed E-state index contributed by atoms with van der Waals surface area (Å²) < 4.78 is 17.8. The van der Waals surface area contributed by atoms with Crippen LogP contribution in [0.1, 0.15) is 56.9 Å². The van der Waals surface area contributed by atoms with Crippen LogP contribution in [0.3, 0.4) is 0 Å². The molecule has 24 heavy (non-hydrogen) atoms. The lowest BCUT2D eigenvalue weighted by molar-refractivity contribution is -0.148. The maximum absolute atomic E-state index is 12.8. The van der Waals surface area contributed by atoms with Crippen molar-refractivity contribution in [3.05, 3.63) is 35.6 Å². The second kappa shape index (κ2) is 10.1. The number of nitrogens with one attached hydrogen (secondary N) is 1. The third-order valence-corrected chi connectivity index (χ3v) is 4.49. The summed E-state index contributed by atoms with van der Waals surface area (Å²) in [5, 5.41) is 2.64. The van der Waals surface area contributed by atoms with Gasteiger partial charge in [-0.05, 0) is 36.5 Å². The maximum Gasteiger partial charge on any atom is 0.306 e. The van der Waals surface area contributed by atoms with Gasteiger partial charge in [0.1, 0.15) is 5.82 Å². The second-order valence-corrected chi connectivity index (χ2v) is 6.46. The van der Waals surface area contributed by atoms with Crippen LogP contribution < -0.4 is 5.32 Å². The first kappa shape index (κ1) is 18.4. The monoisotopic (exact) mass is 335 g/mol. The van der Waals surface area contributed by atoms with Crippen molar-refractivity contribution < 1.29 is 18.7 Å². The van der Waals surface area contributed by atoms with Crippen molar-refractivity contribution in [1.82, 2.24) is 5.32 Å². The van der Waals surface area contributed by atoms with Gasteiger partial charge in [-0.25, -0.2) is 4.39 Å². The molecule has 5 heteroatoms. The molecule has 132 valence electrons. The summed E-state index contributed by atoms with van der Waals surface area (Å²) in [6, 6.07) is 5.89. The summed E-state index contributed by atoms with van der Waals surface area (Å²) in [6.45, 7) is 0.0296. The number of benzene rings is 1. The van der Waals surface area contributed by atoms with Gasteiger partial charge in [-0.2, -0.15) is 0 Å². The molecule has 0 aliphatic heterocycles. The van der Waals surface area contributed by atoms with Gasteiger partial charge in [-0.1, -0.05) is 44.2 Å². The number of hydrogen-bond acceptors (Lipinski definition) is 3. The van der Waals surface area contributed by atoms with Crippen molar-refractivity contribution in [2.75, 3.05) is 6.61 Å². The Morgan fingerprint density at radius 3 is 2.54 bits per heavy atom. The van der Waals surface area contributed by atoms with Crippen molar-refractivity contribution in [1.29, 1.82) is 0 Å². The Morgan fingerprint density at radius 2 is 1.83 bits per heavy atom. The predicted molar refractivity (Wildman–Crippen MR) is 89.6 cm³/mol. The molecule has 1 aliphatic carbocycles. The van der Waals surface area contributed by atoms with Crippen LogP contribution >= 0.6 is 0 Å². The van der Waals surface area contributed by atoms with Crippen LogP contribution in [0.4, 0.5) is 4.39 Å². The zero-order valence-corrected chi connectivity index (χ0v) is 14.1. The molecule has 0 heterocycles. The van der Waals surface area contributed by atoms with E-state index in [4.69, 9.17) is 4.74 Å². The van der Waals surface area contributed by atoms with Gasteiger partial charge in [0.2, 0.25) is 0 Å². The van der Waals surface area contributed by atoms with Gasteiger partial charge in [-0.3, -0.25) is 9.59 Å². The number of halogens is 1. The molecule has 1 fully saturated rings. The molecule has 1 aliphatic rings. The van der Waals surface area contributed by atoms with E-state index in [-0.39, 0.29) is 24.3 Å². The van der Waals surface area contributed by atoms with E-state index in [2.05, 4.69) is 5.32 Å². The molecule has 0 saturated heterocycles. The summed E-state index contributed by atoms with van der Waals surface area (Å²) in [5.74, 6) is -0.222. The maximum atomic E-state index is 12.8. The molecule has 0 radical (unpaired) electrons. The fourth-order valence-electron chi connectivity index (χ4n) is 3.08. The van der Waals surface area contributed by atoms with Crippen molar-refractivity contribution in [3.63, 3.8) is 0 Å². The number of esters is 1. The van der Waals surface area contributed by atoms with Crippen molar-refractivity contribution in [2.45, 2.75) is 57.9 Å². The first-order valence-electron chi connectivity index (χ1n) is 8.80. The van der Waals surface area contributed by atoms with Gasteiger partial charge in [0.15, 0.2) is 6.61 Å². The molecule has 1 saturated carbocycles. The van der Waals surface area contributed by atoms with Crippen LogP contribution in [-0.2, 0) is 20.9 Å². The van der Waals surface area contributed by atoms with Crippen LogP contribution in [0.15, 0.2) is 24.3 Å². The highest BCUT2D eigenvalue weighted by Crippen LogP contribution is 2.27. The molecular formula is C19H26FNO3. The summed E-state index contributed by atoms with van der Waals surface area (Å²) in [6.07, 6.45) is 8.80. The van der Waals surface area contributed by atoms with Gasteiger partial charge in [0.05, 0.1) is 0 Å². The van der Waals surface area contributed by atoms with Crippen LogP contribution in [0.2, 0.25) is 0 Å². The molecule has 0 atom stereocenters. The lowest BCUT2D eigenvalue weighted by atomic mass is 9.86. The number of carbonyl (C=O) groups excluding carboxylic acids is 2. The second-order valence-electron chi connectivity index (χ2n) is 6.46. The van der Waals surface area contributed by atoms with E-state index in [1.165, 1.54) is 44.2 Å². The normalized spacial score (nSPS) is 15.0. The largest absolute Gasteiger partial charge is 0.456 e. The van der Waals surface area contributed by atoms with Crippen molar-refractivity contribution in [3.8, 4) is 0 Å².